The molecule has 4 atom stereocenters. The molecule has 2 aromatic heterocycles. The zero-order chi connectivity index (χ0) is 21.3. The molecule has 6 N–H and O–H groups in total. The van der Waals surface area contributed by atoms with Gasteiger partial charge in [-0.25, -0.2) is 20.4 Å². The topological polar surface area (TPSA) is 173 Å². The van der Waals surface area contributed by atoms with Crippen molar-refractivity contribution in [2.24, 2.45) is 5.10 Å². The summed E-state index contributed by atoms with van der Waals surface area (Å²) in [5, 5.41) is 34.1. The second kappa shape index (κ2) is 8.20. The third-order valence-corrected chi connectivity index (χ3v) is 4.77. The van der Waals surface area contributed by atoms with Gasteiger partial charge in [-0.2, -0.15) is 5.10 Å². The highest BCUT2D eigenvalue weighted by atomic mass is 16.6. The van der Waals surface area contributed by atoms with Crippen LogP contribution in [0.25, 0.3) is 11.2 Å². The number of nitrogens with one attached hydrogen (secondary N) is 1. The largest absolute Gasteiger partial charge is 0.497 e. The summed E-state index contributed by atoms with van der Waals surface area (Å²) in [5.41, 5.74) is 10.0. The molecule has 4 rings (SSSR count). The van der Waals surface area contributed by atoms with Crippen molar-refractivity contribution >= 4 is 29.1 Å². The van der Waals surface area contributed by atoms with E-state index in [-0.39, 0.29) is 22.9 Å². The number of aliphatic hydroxyl groups is 3. The molecule has 0 unspecified atom stereocenters. The maximum absolute atomic E-state index is 10.4. The molecule has 3 aromatic rings. The van der Waals surface area contributed by atoms with Crippen LogP contribution in [0.4, 0.5) is 11.8 Å². The molecule has 3 heterocycles. The first kappa shape index (κ1) is 20.0. The molecule has 0 amide bonds. The fourth-order valence-corrected chi connectivity index (χ4v) is 3.19. The van der Waals surface area contributed by atoms with Crippen LogP contribution in [0.15, 0.2) is 35.7 Å². The number of aliphatic hydroxyl groups excluding tert-OH is 3. The van der Waals surface area contributed by atoms with Crippen LogP contribution in [0.1, 0.15) is 11.8 Å². The predicted molar refractivity (Wildman–Crippen MR) is 107 cm³/mol. The number of hydrogen-bond donors (Lipinski definition) is 5. The maximum Gasteiger partial charge on any atom is 0.228 e. The Morgan fingerprint density at radius 3 is 2.70 bits per heavy atom. The van der Waals surface area contributed by atoms with E-state index in [0.717, 1.165) is 11.3 Å². The van der Waals surface area contributed by atoms with E-state index in [2.05, 4.69) is 25.5 Å². The number of nitrogens with zero attached hydrogens (tertiary/aromatic N) is 5. The normalized spacial score (nSPS) is 24.0. The number of imidazole rings is 1. The number of ether oxygens (including phenoxy) is 2. The smallest absolute Gasteiger partial charge is 0.228 e. The minimum atomic E-state index is -1.33. The van der Waals surface area contributed by atoms with Crippen LogP contribution in [0.2, 0.25) is 0 Å². The Labute approximate surface area is 170 Å². The summed E-state index contributed by atoms with van der Waals surface area (Å²) in [5.74, 6) is 1.02. The molecule has 0 bridgehead atoms. The molecule has 0 radical (unpaired) electrons. The van der Waals surface area contributed by atoms with E-state index in [4.69, 9.17) is 15.2 Å². The Morgan fingerprint density at radius 1 is 1.27 bits per heavy atom. The Kier molecular flexibility index (Phi) is 5.46. The number of hydrogen-bond acceptors (Lipinski definition) is 11. The molecular weight excluding hydrogens is 394 g/mol. The van der Waals surface area contributed by atoms with Crippen LogP contribution in [-0.4, -0.2) is 73.1 Å². The first-order chi connectivity index (χ1) is 14.5. The number of fused-ring (bicyclic) bond motifs is 1. The monoisotopic (exact) mass is 415 g/mol. The van der Waals surface area contributed by atoms with Gasteiger partial charge in [0.2, 0.25) is 5.95 Å². The van der Waals surface area contributed by atoms with E-state index in [1.807, 2.05) is 12.1 Å². The van der Waals surface area contributed by atoms with Crippen molar-refractivity contribution in [3.63, 3.8) is 0 Å². The number of benzene rings is 1. The summed E-state index contributed by atoms with van der Waals surface area (Å²) in [7, 11) is 1.58. The van der Waals surface area contributed by atoms with E-state index >= 15 is 0 Å². The highest BCUT2D eigenvalue weighted by Crippen LogP contribution is 2.35. The van der Waals surface area contributed by atoms with Gasteiger partial charge < -0.3 is 30.5 Å². The van der Waals surface area contributed by atoms with Crippen molar-refractivity contribution in [3.8, 4) is 5.75 Å². The SMILES string of the molecule is COc1ccc(/C=N\Nc2nc3c(N)ncnc3n2[C@H]2O[C@@H](CO)[C@@H](O)[C@@H]2O)cc1. The molecule has 0 spiro atoms. The van der Waals surface area contributed by atoms with Crippen molar-refractivity contribution in [1.82, 2.24) is 19.5 Å². The molecule has 1 aromatic carbocycles. The zero-order valence-electron chi connectivity index (χ0n) is 16.0. The highest BCUT2D eigenvalue weighted by Gasteiger charge is 2.45. The maximum atomic E-state index is 10.4. The molecule has 1 aliphatic heterocycles. The summed E-state index contributed by atoms with van der Waals surface area (Å²) < 4.78 is 12.2. The molecule has 12 nitrogen and oxygen atoms in total. The molecule has 1 fully saturated rings. The van der Waals surface area contributed by atoms with Gasteiger partial charge in [0.05, 0.1) is 19.9 Å². The Bertz CT molecular complexity index is 1060. The Morgan fingerprint density at radius 2 is 2.03 bits per heavy atom. The van der Waals surface area contributed by atoms with Crippen molar-refractivity contribution in [1.29, 1.82) is 0 Å². The van der Waals surface area contributed by atoms with Crippen molar-refractivity contribution in [2.75, 3.05) is 24.9 Å². The number of hydrazone groups is 1. The van der Waals surface area contributed by atoms with Gasteiger partial charge in [0.15, 0.2) is 23.2 Å². The van der Waals surface area contributed by atoms with Crippen LogP contribution in [0.3, 0.4) is 0 Å². The standard InChI is InChI=1S/C18H21N7O5/c1-29-10-4-2-9(3-5-10)6-22-24-18-23-12-15(19)20-8-21-16(12)25(18)17-14(28)13(27)11(7-26)30-17/h2-6,8,11,13-14,17,26-28H,7H2,1H3,(H,23,24)(H2,19,20,21)/b22-6-/t11-,13+,14-,17-/m0/s1. The van der Waals surface area contributed by atoms with Crippen molar-refractivity contribution in [2.45, 2.75) is 24.5 Å². The fraction of sp³-hybridized carbons (Fsp3) is 0.333. The second-order valence-electron chi connectivity index (χ2n) is 6.61. The third kappa shape index (κ3) is 3.52. The van der Waals surface area contributed by atoms with Crippen LogP contribution in [0, 0.1) is 0 Å². The van der Waals surface area contributed by atoms with Crippen LogP contribution in [0.5, 0.6) is 5.75 Å². The fourth-order valence-electron chi connectivity index (χ4n) is 3.19. The molecule has 1 aliphatic rings. The van der Waals surface area contributed by atoms with Gasteiger partial charge in [-0.1, -0.05) is 0 Å². The first-order valence-corrected chi connectivity index (χ1v) is 9.07. The van der Waals surface area contributed by atoms with E-state index in [1.54, 1.807) is 25.5 Å². The molecule has 1 saturated heterocycles. The average Bonchev–Trinajstić information content (AvgIpc) is 3.26. The summed E-state index contributed by atoms with van der Waals surface area (Å²) >= 11 is 0. The van der Waals surface area contributed by atoms with E-state index < -0.39 is 31.1 Å². The lowest BCUT2D eigenvalue weighted by atomic mass is 10.1. The van der Waals surface area contributed by atoms with Gasteiger partial charge in [-0.05, 0) is 29.8 Å². The van der Waals surface area contributed by atoms with Gasteiger partial charge in [-0.3, -0.25) is 4.57 Å². The quantitative estimate of drug-likeness (QED) is 0.260. The highest BCUT2D eigenvalue weighted by molar-refractivity contribution is 5.84. The summed E-state index contributed by atoms with van der Waals surface area (Å²) in [6, 6.07) is 7.24. The van der Waals surface area contributed by atoms with Gasteiger partial charge in [0.1, 0.15) is 30.4 Å². The second-order valence-corrected chi connectivity index (χ2v) is 6.61. The van der Waals surface area contributed by atoms with Crippen molar-refractivity contribution in [3.05, 3.63) is 36.2 Å². The first-order valence-electron chi connectivity index (χ1n) is 9.07. The number of nitrogen functional groups attached to an aromatic ring is 1. The van der Waals surface area contributed by atoms with E-state index in [0.29, 0.717) is 0 Å². The summed E-state index contributed by atoms with van der Waals surface area (Å²) in [4.78, 5) is 12.4. The number of rotatable bonds is 6. The average molecular weight is 415 g/mol. The Balaban J connectivity index is 1.68. The zero-order valence-corrected chi connectivity index (χ0v) is 16.0. The van der Waals surface area contributed by atoms with Gasteiger partial charge in [0, 0.05) is 0 Å². The van der Waals surface area contributed by atoms with Crippen LogP contribution in [-0.2, 0) is 4.74 Å². The summed E-state index contributed by atoms with van der Waals surface area (Å²) in [6.07, 6.45) is -1.83. The number of nitrogens with two attached hydrogens (primary N) is 1. The molecular formula is C18H21N7O5. The minimum absolute atomic E-state index is 0.132. The summed E-state index contributed by atoms with van der Waals surface area (Å²) in [6.45, 7) is -0.461. The van der Waals surface area contributed by atoms with Gasteiger partial charge >= 0.3 is 0 Å². The minimum Gasteiger partial charge on any atom is -0.497 e. The lowest BCUT2D eigenvalue weighted by Gasteiger charge is -2.18. The number of anilines is 2. The number of methoxy groups -OCH3 is 1. The van der Waals surface area contributed by atoms with E-state index in [1.165, 1.54) is 10.9 Å². The van der Waals surface area contributed by atoms with Crippen LogP contribution >= 0.6 is 0 Å². The lowest BCUT2D eigenvalue weighted by Crippen LogP contribution is -2.33. The Hall–Kier alpha value is -3.32. The third-order valence-electron chi connectivity index (χ3n) is 4.77. The molecule has 158 valence electrons. The molecule has 0 saturated carbocycles. The number of aromatic nitrogens is 4. The molecule has 30 heavy (non-hydrogen) atoms. The van der Waals surface area contributed by atoms with Gasteiger partial charge in [-0.15, -0.1) is 0 Å². The van der Waals surface area contributed by atoms with Gasteiger partial charge in [0.25, 0.3) is 0 Å². The predicted octanol–water partition coefficient (Wildman–Crippen LogP) is -0.525. The van der Waals surface area contributed by atoms with E-state index in [9.17, 15) is 15.3 Å². The van der Waals surface area contributed by atoms with Crippen molar-refractivity contribution < 1.29 is 24.8 Å². The molecule has 12 heteroatoms. The van der Waals surface area contributed by atoms with Crippen LogP contribution < -0.4 is 15.9 Å². The molecule has 0 aliphatic carbocycles. The lowest BCUT2D eigenvalue weighted by molar-refractivity contribution is -0.0501.